The van der Waals surface area contributed by atoms with E-state index in [9.17, 15) is 0 Å². The Morgan fingerprint density at radius 2 is 1.67 bits per heavy atom. The lowest BCUT2D eigenvalue weighted by Crippen LogP contribution is -2.35. The zero-order valence-electron chi connectivity index (χ0n) is 17.3. The van der Waals surface area contributed by atoms with Gasteiger partial charge >= 0.3 is 0 Å². The van der Waals surface area contributed by atoms with Gasteiger partial charge in [0, 0.05) is 6.54 Å². The molecule has 3 heteroatoms. The van der Waals surface area contributed by atoms with Crippen molar-refractivity contribution in [3.05, 3.63) is 0 Å². The summed E-state index contributed by atoms with van der Waals surface area (Å²) in [6, 6.07) is 0. The summed E-state index contributed by atoms with van der Waals surface area (Å²) in [6.45, 7) is 14.7. The van der Waals surface area contributed by atoms with Gasteiger partial charge < -0.3 is 15.1 Å². The highest BCUT2D eigenvalue weighted by Crippen LogP contribution is 2.24. The van der Waals surface area contributed by atoms with Gasteiger partial charge in [0.15, 0.2) is 0 Å². The zero-order valence-corrected chi connectivity index (χ0v) is 17.3. The van der Waals surface area contributed by atoms with Crippen LogP contribution in [-0.4, -0.2) is 63.2 Å². The van der Waals surface area contributed by atoms with Crippen molar-refractivity contribution in [3.8, 4) is 0 Å². The van der Waals surface area contributed by atoms with Crippen LogP contribution in [-0.2, 0) is 0 Å². The number of hydrogen-bond donors (Lipinski definition) is 1. The Bertz CT molecular complexity index is 283. The van der Waals surface area contributed by atoms with Crippen LogP contribution < -0.4 is 5.32 Å². The summed E-state index contributed by atoms with van der Waals surface area (Å²) in [5.74, 6) is 2.66. The van der Waals surface area contributed by atoms with Gasteiger partial charge in [-0.2, -0.15) is 0 Å². The molecule has 1 aliphatic heterocycles. The van der Waals surface area contributed by atoms with Gasteiger partial charge in [-0.3, -0.25) is 0 Å². The summed E-state index contributed by atoms with van der Waals surface area (Å²) in [7, 11) is 4.39. The molecule has 144 valence electrons. The van der Waals surface area contributed by atoms with Crippen LogP contribution in [0.15, 0.2) is 0 Å². The predicted molar refractivity (Wildman–Crippen MR) is 108 cm³/mol. The highest BCUT2D eigenvalue weighted by Gasteiger charge is 2.20. The summed E-state index contributed by atoms with van der Waals surface area (Å²) >= 11 is 0. The minimum atomic E-state index is 0.846. The maximum Gasteiger partial charge on any atom is 0.000102 e. The second-order valence-corrected chi connectivity index (χ2v) is 8.88. The third kappa shape index (κ3) is 11.4. The van der Waals surface area contributed by atoms with Gasteiger partial charge in [-0.1, -0.05) is 20.8 Å². The molecule has 24 heavy (non-hydrogen) atoms. The SMILES string of the molecule is CC(C)CCCNCCCCN1CCC(CC(C)CN(C)C)CC1. The van der Waals surface area contributed by atoms with Crippen molar-refractivity contribution in [3.63, 3.8) is 0 Å². The topological polar surface area (TPSA) is 18.5 Å². The van der Waals surface area contributed by atoms with Crippen LogP contribution >= 0.6 is 0 Å². The van der Waals surface area contributed by atoms with Crippen LogP contribution in [0.5, 0.6) is 0 Å². The molecule has 3 nitrogen and oxygen atoms in total. The first kappa shape index (κ1) is 21.9. The smallest absolute Gasteiger partial charge is 0.000102 e. The van der Waals surface area contributed by atoms with E-state index in [2.05, 4.69) is 50.0 Å². The van der Waals surface area contributed by atoms with E-state index in [0.717, 1.165) is 17.8 Å². The third-order valence-corrected chi connectivity index (χ3v) is 5.33. The number of nitrogens with one attached hydrogen (secondary N) is 1. The summed E-state index contributed by atoms with van der Waals surface area (Å²) in [6.07, 6.45) is 9.65. The maximum atomic E-state index is 3.60. The number of rotatable bonds is 13. The lowest BCUT2D eigenvalue weighted by atomic mass is 9.87. The fourth-order valence-electron chi connectivity index (χ4n) is 4.06. The number of likely N-dealkylation sites (tertiary alicyclic amines) is 1. The van der Waals surface area contributed by atoms with Crippen LogP contribution in [0.4, 0.5) is 0 Å². The van der Waals surface area contributed by atoms with E-state index in [1.54, 1.807) is 0 Å². The molecule has 0 spiro atoms. The first-order chi connectivity index (χ1) is 11.5. The van der Waals surface area contributed by atoms with Crippen LogP contribution in [0.2, 0.25) is 0 Å². The van der Waals surface area contributed by atoms with Gasteiger partial charge in [0.2, 0.25) is 0 Å². The molecule has 1 aliphatic rings. The first-order valence-electron chi connectivity index (χ1n) is 10.5. The summed E-state index contributed by atoms with van der Waals surface area (Å²) in [5.41, 5.74) is 0. The van der Waals surface area contributed by atoms with E-state index in [4.69, 9.17) is 0 Å². The summed E-state index contributed by atoms with van der Waals surface area (Å²) in [5, 5.41) is 3.60. The van der Waals surface area contributed by atoms with E-state index >= 15 is 0 Å². The molecule has 1 atom stereocenters. The lowest BCUT2D eigenvalue weighted by molar-refractivity contribution is 0.161. The Morgan fingerprint density at radius 3 is 2.29 bits per heavy atom. The van der Waals surface area contributed by atoms with E-state index in [1.165, 1.54) is 84.2 Å². The van der Waals surface area contributed by atoms with Gasteiger partial charge in [0.25, 0.3) is 0 Å². The molecule has 1 saturated heterocycles. The first-order valence-corrected chi connectivity index (χ1v) is 10.5. The Hall–Kier alpha value is -0.120. The molecule has 0 aromatic carbocycles. The molecule has 1 N–H and O–H groups in total. The van der Waals surface area contributed by atoms with Gasteiger partial charge in [0.05, 0.1) is 0 Å². The monoisotopic (exact) mass is 339 g/mol. The Labute approximate surface area is 152 Å². The predicted octanol–water partition coefficient (Wildman–Crippen LogP) is 4.09. The fourth-order valence-corrected chi connectivity index (χ4v) is 4.06. The number of piperidine rings is 1. The van der Waals surface area contributed by atoms with Crippen molar-refractivity contribution in [1.82, 2.24) is 15.1 Å². The highest BCUT2D eigenvalue weighted by atomic mass is 15.1. The van der Waals surface area contributed by atoms with Crippen molar-refractivity contribution in [2.75, 3.05) is 53.4 Å². The molecule has 0 aromatic heterocycles. The van der Waals surface area contributed by atoms with Crippen molar-refractivity contribution < 1.29 is 0 Å². The average Bonchev–Trinajstić information content (AvgIpc) is 2.50. The standard InChI is InChI=1S/C21H45N3/c1-19(2)9-8-13-22-12-6-7-14-24-15-10-21(11-16-24)17-20(3)18-23(4)5/h19-22H,6-18H2,1-5H3. The van der Waals surface area contributed by atoms with Crippen molar-refractivity contribution in [2.45, 2.75) is 65.7 Å². The van der Waals surface area contributed by atoms with Gasteiger partial charge in [-0.05, 0) is 110 Å². The average molecular weight is 340 g/mol. The van der Waals surface area contributed by atoms with E-state index in [0.29, 0.717) is 0 Å². The fraction of sp³-hybridized carbons (Fsp3) is 1.00. The largest absolute Gasteiger partial charge is 0.317 e. The normalized spacial score (nSPS) is 18.6. The van der Waals surface area contributed by atoms with Crippen molar-refractivity contribution in [2.24, 2.45) is 17.8 Å². The molecule has 1 rings (SSSR count). The number of nitrogens with zero attached hydrogens (tertiary/aromatic N) is 2. The Kier molecular flexibility index (Phi) is 12.0. The van der Waals surface area contributed by atoms with Crippen LogP contribution in [0.3, 0.4) is 0 Å². The van der Waals surface area contributed by atoms with E-state index in [-0.39, 0.29) is 0 Å². The van der Waals surface area contributed by atoms with Gasteiger partial charge in [0.1, 0.15) is 0 Å². The van der Waals surface area contributed by atoms with Crippen LogP contribution in [0, 0.1) is 17.8 Å². The van der Waals surface area contributed by atoms with E-state index < -0.39 is 0 Å². The Balaban J connectivity index is 1.94. The summed E-state index contributed by atoms with van der Waals surface area (Å²) < 4.78 is 0. The van der Waals surface area contributed by atoms with E-state index in [1.807, 2.05) is 0 Å². The minimum Gasteiger partial charge on any atom is -0.317 e. The highest BCUT2D eigenvalue weighted by molar-refractivity contribution is 4.74. The zero-order chi connectivity index (χ0) is 17.8. The molecule has 0 amide bonds. The molecular formula is C21H45N3. The molecule has 1 fully saturated rings. The molecule has 0 radical (unpaired) electrons. The minimum absolute atomic E-state index is 0.846. The second-order valence-electron chi connectivity index (χ2n) is 8.88. The molecule has 0 aliphatic carbocycles. The van der Waals surface area contributed by atoms with Gasteiger partial charge in [-0.25, -0.2) is 0 Å². The van der Waals surface area contributed by atoms with Gasteiger partial charge in [-0.15, -0.1) is 0 Å². The third-order valence-electron chi connectivity index (χ3n) is 5.33. The molecule has 0 bridgehead atoms. The molecule has 0 aromatic rings. The Morgan fingerprint density at radius 1 is 1.00 bits per heavy atom. The number of hydrogen-bond acceptors (Lipinski definition) is 3. The molecule has 0 saturated carbocycles. The molecular weight excluding hydrogens is 294 g/mol. The molecule has 1 unspecified atom stereocenters. The quantitative estimate of drug-likeness (QED) is 0.510. The van der Waals surface area contributed by atoms with Crippen molar-refractivity contribution >= 4 is 0 Å². The van der Waals surface area contributed by atoms with Crippen LogP contribution in [0.25, 0.3) is 0 Å². The molecule has 1 heterocycles. The summed E-state index contributed by atoms with van der Waals surface area (Å²) in [4.78, 5) is 5.03. The van der Waals surface area contributed by atoms with Crippen LogP contribution in [0.1, 0.15) is 65.7 Å². The number of unbranched alkanes of at least 4 members (excludes halogenated alkanes) is 1. The second kappa shape index (κ2) is 13.1. The van der Waals surface area contributed by atoms with Crippen molar-refractivity contribution in [1.29, 1.82) is 0 Å². The maximum absolute atomic E-state index is 3.60. The lowest BCUT2D eigenvalue weighted by Gasteiger charge is -2.33.